The zero-order valence-electron chi connectivity index (χ0n) is 18.3. The van der Waals surface area contributed by atoms with Crippen LogP contribution in [0.1, 0.15) is 56.1 Å². The number of nitrogens with zero attached hydrogens (tertiary/aromatic N) is 1. The van der Waals surface area contributed by atoms with Gasteiger partial charge < -0.3 is 9.63 Å². The smallest absolute Gasteiger partial charge is 0.348 e. The summed E-state index contributed by atoms with van der Waals surface area (Å²) >= 11 is 13.5. The van der Waals surface area contributed by atoms with Crippen molar-refractivity contribution in [2.24, 2.45) is 5.41 Å². The Hall–Kier alpha value is -1.48. The Bertz CT molecular complexity index is 1080. The number of hydrogen-bond donors (Lipinski definition) is 1. The molecule has 0 saturated heterocycles. The topological polar surface area (TPSA) is 66.8 Å². The third kappa shape index (κ3) is 6.06. The zero-order chi connectivity index (χ0) is 23.6. The summed E-state index contributed by atoms with van der Waals surface area (Å²) in [5.41, 5.74) is 0.0384. The van der Waals surface area contributed by atoms with Crippen LogP contribution in [0.25, 0.3) is 0 Å². The molecule has 1 aromatic heterocycles. The molecule has 0 aliphatic carbocycles. The number of anilines is 1. The van der Waals surface area contributed by atoms with Crippen LogP contribution in [0.4, 0.5) is 5.69 Å². The second kappa shape index (κ2) is 9.98. The van der Waals surface area contributed by atoms with Gasteiger partial charge in [0.25, 0.3) is 0 Å². The Labute approximate surface area is 197 Å². The monoisotopic (exact) mass is 501 g/mol. The summed E-state index contributed by atoms with van der Waals surface area (Å²) in [7, 11) is -3.78. The van der Waals surface area contributed by atoms with Crippen LogP contribution in [-0.4, -0.2) is 23.7 Å². The first-order chi connectivity index (χ1) is 14.3. The molecule has 168 valence electrons. The van der Waals surface area contributed by atoms with E-state index in [0.29, 0.717) is 9.90 Å². The van der Waals surface area contributed by atoms with Gasteiger partial charge in [0.15, 0.2) is 0 Å². The lowest BCUT2D eigenvalue weighted by Gasteiger charge is -2.36. The van der Waals surface area contributed by atoms with E-state index in [1.54, 1.807) is 25.1 Å². The van der Waals surface area contributed by atoms with Crippen molar-refractivity contribution in [2.45, 2.75) is 47.6 Å². The van der Waals surface area contributed by atoms with Gasteiger partial charge in [-0.05, 0) is 65.8 Å². The number of carboxylic acids is 1. The SMILES string of the molecule is CCOP(=O)(c1ccc(Cl)cc1Cl)N(c1cc(C#CC(C)(C)C)sc1C(=O)O)C(C)C. The molecule has 2 aromatic rings. The fourth-order valence-corrected chi connectivity index (χ4v) is 7.00. The van der Waals surface area contributed by atoms with E-state index < -0.39 is 13.5 Å². The zero-order valence-corrected chi connectivity index (χ0v) is 21.5. The van der Waals surface area contributed by atoms with E-state index >= 15 is 0 Å². The van der Waals surface area contributed by atoms with Crippen LogP contribution in [0.5, 0.6) is 0 Å². The van der Waals surface area contributed by atoms with Crippen molar-refractivity contribution in [3.05, 3.63) is 44.1 Å². The van der Waals surface area contributed by atoms with Gasteiger partial charge in [0.05, 0.1) is 27.5 Å². The van der Waals surface area contributed by atoms with Crippen LogP contribution in [0.3, 0.4) is 0 Å². The van der Waals surface area contributed by atoms with E-state index in [9.17, 15) is 14.5 Å². The maximum absolute atomic E-state index is 14.3. The molecule has 1 N–H and O–H groups in total. The first-order valence-electron chi connectivity index (χ1n) is 9.70. The van der Waals surface area contributed by atoms with E-state index in [1.807, 2.05) is 34.6 Å². The van der Waals surface area contributed by atoms with Gasteiger partial charge in [-0.2, -0.15) is 0 Å². The van der Waals surface area contributed by atoms with Gasteiger partial charge in [-0.25, -0.2) is 4.79 Å². The van der Waals surface area contributed by atoms with Crippen molar-refractivity contribution < 1.29 is 19.0 Å². The summed E-state index contributed by atoms with van der Waals surface area (Å²) in [6.45, 7) is 11.4. The van der Waals surface area contributed by atoms with Crippen LogP contribution < -0.4 is 9.97 Å². The predicted molar refractivity (Wildman–Crippen MR) is 131 cm³/mol. The van der Waals surface area contributed by atoms with Crippen molar-refractivity contribution >= 4 is 59.0 Å². The van der Waals surface area contributed by atoms with Crippen molar-refractivity contribution in [3.63, 3.8) is 0 Å². The molecule has 1 heterocycles. The van der Waals surface area contributed by atoms with E-state index in [2.05, 4.69) is 11.8 Å². The highest BCUT2D eigenvalue weighted by molar-refractivity contribution is 7.68. The first kappa shape index (κ1) is 25.8. The fraction of sp³-hybridized carbons (Fsp3) is 0.409. The van der Waals surface area contributed by atoms with Crippen LogP contribution in [0.15, 0.2) is 24.3 Å². The van der Waals surface area contributed by atoms with Gasteiger partial charge in [-0.15, -0.1) is 11.3 Å². The number of carbonyl (C=O) groups is 1. The maximum Gasteiger partial charge on any atom is 0.348 e. The van der Waals surface area contributed by atoms with Gasteiger partial charge >= 0.3 is 13.5 Å². The molecule has 0 amide bonds. The lowest BCUT2D eigenvalue weighted by Crippen LogP contribution is -2.34. The van der Waals surface area contributed by atoms with Crippen molar-refractivity contribution in [2.75, 3.05) is 11.3 Å². The third-order valence-electron chi connectivity index (χ3n) is 4.01. The molecular weight excluding hydrogens is 476 g/mol. The minimum atomic E-state index is -3.78. The van der Waals surface area contributed by atoms with Gasteiger partial charge in [-0.3, -0.25) is 9.24 Å². The molecule has 1 atom stereocenters. The number of rotatable bonds is 7. The number of benzene rings is 1. The van der Waals surface area contributed by atoms with Gasteiger partial charge in [-0.1, -0.05) is 35.0 Å². The van der Waals surface area contributed by atoms with Crippen LogP contribution >= 0.6 is 42.1 Å². The standard InChI is InChI=1S/C22H26Cl2NO4PS/c1-7-29-30(28,19-9-8-15(23)12-17(19)24)25(14(2)3)18-13-16(10-11-22(4,5)6)31-20(18)21(26)27/h8-9,12-14H,7H2,1-6H3,(H,26,27). The number of halogens is 2. The molecule has 0 spiro atoms. The normalized spacial score (nSPS) is 13.5. The van der Waals surface area contributed by atoms with E-state index in [-0.39, 0.29) is 39.0 Å². The van der Waals surface area contributed by atoms with Crippen molar-refractivity contribution in [1.29, 1.82) is 0 Å². The molecule has 2 rings (SSSR count). The Balaban J connectivity index is 2.77. The number of hydrogen-bond acceptors (Lipinski definition) is 4. The summed E-state index contributed by atoms with van der Waals surface area (Å²) in [6.07, 6.45) is 0. The van der Waals surface area contributed by atoms with Crippen LogP contribution in [0.2, 0.25) is 10.0 Å². The van der Waals surface area contributed by atoms with Crippen LogP contribution in [0, 0.1) is 17.3 Å². The van der Waals surface area contributed by atoms with Gasteiger partial charge in [0.1, 0.15) is 4.88 Å². The lowest BCUT2D eigenvalue weighted by atomic mass is 9.98. The highest BCUT2D eigenvalue weighted by Gasteiger charge is 2.40. The van der Waals surface area contributed by atoms with Crippen molar-refractivity contribution in [3.8, 4) is 11.8 Å². The molecule has 0 fully saturated rings. The summed E-state index contributed by atoms with van der Waals surface area (Å²) in [4.78, 5) is 12.7. The Morgan fingerprint density at radius 1 is 1.29 bits per heavy atom. The summed E-state index contributed by atoms with van der Waals surface area (Å²) in [5.74, 6) is 5.02. The Morgan fingerprint density at radius 3 is 2.42 bits per heavy atom. The molecule has 0 aliphatic rings. The van der Waals surface area contributed by atoms with E-state index in [1.165, 1.54) is 10.7 Å². The van der Waals surface area contributed by atoms with Crippen molar-refractivity contribution in [1.82, 2.24) is 0 Å². The molecule has 0 saturated carbocycles. The quantitative estimate of drug-likeness (QED) is 0.329. The average Bonchev–Trinajstić information content (AvgIpc) is 3.03. The average molecular weight is 502 g/mol. The number of aromatic carboxylic acids is 1. The second-order valence-electron chi connectivity index (χ2n) is 8.10. The molecule has 0 radical (unpaired) electrons. The number of carboxylic acid groups (broad SMARTS) is 1. The van der Waals surface area contributed by atoms with Gasteiger partial charge in [0, 0.05) is 16.5 Å². The molecule has 0 aliphatic heterocycles. The molecule has 9 heteroatoms. The van der Waals surface area contributed by atoms with E-state index in [4.69, 9.17) is 27.7 Å². The molecule has 0 bridgehead atoms. The lowest BCUT2D eigenvalue weighted by molar-refractivity contribution is 0.0703. The minimum absolute atomic E-state index is 0.0388. The summed E-state index contributed by atoms with van der Waals surface area (Å²) in [5, 5.41) is 10.7. The maximum atomic E-state index is 14.3. The first-order valence-corrected chi connectivity index (χ1v) is 12.9. The molecule has 5 nitrogen and oxygen atoms in total. The molecule has 1 aromatic carbocycles. The minimum Gasteiger partial charge on any atom is -0.477 e. The van der Waals surface area contributed by atoms with Crippen LogP contribution in [-0.2, 0) is 9.09 Å². The largest absolute Gasteiger partial charge is 0.477 e. The highest BCUT2D eigenvalue weighted by atomic mass is 35.5. The van der Waals surface area contributed by atoms with E-state index in [0.717, 1.165) is 11.3 Å². The number of thiophene rings is 1. The fourth-order valence-electron chi connectivity index (χ4n) is 2.87. The Morgan fingerprint density at radius 2 is 1.94 bits per heavy atom. The second-order valence-corrected chi connectivity index (χ2v) is 12.2. The molecule has 1 unspecified atom stereocenters. The molecule has 31 heavy (non-hydrogen) atoms. The third-order valence-corrected chi connectivity index (χ3v) is 8.56. The Kier molecular flexibility index (Phi) is 8.30. The summed E-state index contributed by atoms with van der Waals surface area (Å²) < 4.78 is 21.7. The summed E-state index contributed by atoms with van der Waals surface area (Å²) in [6, 6.07) is 5.93. The highest BCUT2D eigenvalue weighted by Crippen LogP contribution is 2.56. The van der Waals surface area contributed by atoms with Gasteiger partial charge in [0.2, 0.25) is 0 Å². The molecular formula is C22H26Cl2NO4PS. The predicted octanol–water partition coefficient (Wildman–Crippen LogP) is 6.92.